The van der Waals surface area contributed by atoms with Crippen LogP contribution < -0.4 is 9.47 Å². The van der Waals surface area contributed by atoms with Gasteiger partial charge in [-0.05, 0) is 30.5 Å². The van der Waals surface area contributed by atoms with Crippen LogP contribution in [0.1, 0.15) is 28.8 Å². The number of aliphatic carboxylic acids is 1. The molecule has 0 heterocycles. The molecular formula is C13H16O6. The molecule has 0 aliphatic rings. The lowest BCUT2D eigenvalue weighted by Crippen LogP contribution is -2.04. The molecule has 0 aromatic heterocycles. The first kappa shape index (κ1) is 14.8. The van der Waals surface area contributed by atoms with E-state index in [0.717, 1.165) is 0 Å². The van der Waals surface area contributed by atoms with Crippen LogP contribution in [0.2, 0.25) is 0 Å². The van der Waals surface area contributed by atoms with E-state index in [4.69, 9.17) is 19.7 Å². The number of ether oxygens (including phenoxy) is 2. The molecule has 0 saturated carbocycles. The predicted molar refractivity (Wildman–Crippen MR) is 67.1 cm³/mol. The number of benzene rings is 1. The summed E-state index contributed by atoms with van der Waals surface area (Å²) in [5, 5.41) is 17.7. The Morgan fingerprint density at radius 1 is 1.16 bits per heavy atom. The van der Waals surface area contributed by atoms with Crippen LogP contribution in [0, 0.1) is 0 Å². The molecule has 0 amide bonds. The first-order chi connectivity index (χ1) is 8.99. The van der Waals surface area contributed by atoms with Gasteiger partial charge in [-0.1, -0.05) is 0 Å². The van der Waals surface area contributed by atoms with Crippen molar-refractivity contribution in [2.24, 2.45) is 0 Å². The van der Waals surface area contributed by atoms with E-state index >= 15 is 0 Å². The van der Waals surface area contributed by atoms with Gasteiger partial charge in [-0.2, -0.15) is 0 Å². The molecule has 0 fully saturated rings. The summed E-state index contributed by atoms with van der Waals surface area (Å²) in [6, 6.07) is 3.14. The second-order valence-electron chi connectivity index (χ2n) is 3.93. The molecule has 1 aromatic rings. The Morgan fingerprint density at radius 3 is 2.32 bits per heavy atom. The average molecular weight is 268 g/mol. The van der Waals surface area contributed by atoms with Crippen molar-refractivity contribution < 1.29 is 29.3 Å². The van der Waals surface area contributed by atoms with Gasteiger partial charge in [0.05, 0.1) is 14.2 Å². The molecule has 0 unspecified atom stereocenters. The van der Waals surface area contributed by atoms with Gasteiger partial charge in [-0.3, -0.25) is 4.79 Å². The predicted octanol–water partition coefficient (Wildman–Crippen LogP) is 1.81. The molecule has 0 bridgehead atoms. The van der Waals surface area contributed by atoms with E-state index in [1.807, 2.05) is 0 Å². The second-order valence-corrected chi connectivity index (χ2v) is 3.93. The number of hydrogen-bond acceptors (Lipinski definition) is 4. The third-order valence-electron chi connectivity index (χ3n) is 2.63. The fraction of sp³-hybridized carbons (Fsp3) is 0.385. The Bertz CT molecular complexity index is 480. The Balaban J connectivity index is 3.03. The summed E-state index contributed by atoms with van der Waals surface area (Å²) in [6.07, 6.45) is 0.938. The van der Waals surface area contributed by atoms with Gasteiger partial charge in [0, 0.05) is 6.42 Å². The normalized spacial score (nSPS) is 10.0. The van der Waals surface area contributed by atoms with Gasteiger partial charge in [0.1, 0.15) is 5.56 Å². The molecule has 0 spiro atoms. The van der Waals surface area contributed by atoms with E-state index in [9.17, 15) is 9.59 Å². The molecule has 6 heteroatoms. The van der Waals surface area contributed by atoms with Crippen LogP contribution in [0.25, 0.3) is 0 Å². The number of rotatable bonds is 7. The summed E-state index contributed by atoms with van der Waals surface area (Å²) in [6.45, 7) is 0. The highest BCUT2D eigenvalue weighted by Gasteiger charge is 2.17. The van der Waals surface area contributed by atoms with Crippen molar-refractivity contribution in [2.45, 2.75) is 19.3 Å². The Kier molecular flexibility index (Phi) is 5.17. The molecule has 0 aliphatic carbocycles. The molecule has 0 radical (unpaired) electrons. The molecule has 0 saturated heterocycles. The molecule has 2 N–H and O–H groups in total. The lowest BCUT2D eigenvalue weighted by molar-refractivity contribution is -0.137. The topological polar surface area (TPSA) is 93.1 Å². The van der Waals surface area contributed by atoms with Crippen molar-refractivity contribution in [1.29, 1.82) is 0 Å². The fourth-order valence-corrected chi connectivity index (χ4v) is 1.77. The molecule has 19 heavy (non-hydrogen) atoms. The number of aryl methyl sites for hydroxylation is 1. The van der Waals surface area contributed by atoms with Crippen LogP contribution in [0.5, 0.6) is 11.5 Å². The zero-order valence-corrected chi connectivity index (χ0v) is 10.8. The maximum absolute atomic E-state index is 11.2. The Morgan fingerprint density at radius 2 is 1.84 bits per heavy atom. The zero-order valence-electron chi connectivity index (χ0n) is 10.8. The molecule has 1 rings (SSSR count). The number of hydrogen-bond donors (Lipinski definition) is 2. The van der Waals surface area contributed by atoms with Gasteiger partial charge < -0.3 is 19.7 Å². The van der Waals surface area contributed by atoms with E-state index in [1.54, 1.807) is 6.07 Å². The van der Waals surface area contributed by atoms with E-state index in [2.05, 4.69) is 0 Å². The lowest BCUT2D eigenvalue weighted by atomic mass is 10.0. The summed E-state index contributed by atoms with van der Waals surface area (Å²) in [4.78, 5) is 21.6. The minimum atomic E-state index is -1.12. The number of aromatic carboxylic acids is 1. The van der Waals surface area contributed by atoms with E-state index in [0.29, 0.717) is 24.2 Å². The minimum Gasteiger partial charge on any atom is -0.493 e. The summed E-state index contributed by atoms with van der Waals surface area (Å²) in [7, 11) is 2.79. The Hall–Kier alpha value is -2.24. The monoisotopic (exact) mass is 268 g/mol. The molecule has 1 aromatic carbocycles. The van der Waals surface area contributed by atoms with Crippen molar-refractivity contribution >= 4 is 11.9 Å². The summed E-state index contributed by atoms with van der Waals surface area (Å²) in [5.74, 6) is -1.50. The first-order valence-corrected chi connectivity index (χ1v) is 5.69. The van der Waals surface area contributed by atoms with Gasteiger partial charge in [0.15, 0.2) is 11.5 Å². The van der Waals surface area contributed by atoms with Crippen LogP contribution in [0.4, 0.5) is 0 Å². The fourth-order valence-electron chi connectivity index (χ4n) is 1.77. The number of carbonyl (C=O) groups is 2. The maximum Gasteiger partial charge on any atom is 0.339 e. The summed E-state index contributed by atoms with van der Waals surface area (Å²) in [5.41, 5.74) is 0.712. The number of carboxylic acid groups (broad SMARTS) is 2. The van der Waals surface area contributed by atoms with Crippen LogP contribution in [-0.4, -0.2) is 36.4 Å². The molecule has 0 atom stereocenters. The molecular weight excluding hydrogens is 252 g/mol. The van der Waals surface area contributed by atoms with Gasteiger partial charge in [0.25, 0.3) is 0 Å². The molecule has 104 valence electrons. The van der Waals surface area contributed by atoms with Crippen molar-refractivity contribution in [1.82, 2.24) is 0 Å². The highest BCUT2D eigenvalue weighted by atomic mass is 16.5. The molecule has 6 nitrogen and oxygen atoms in total. The smallest absolute Gasteiger partial charge is 0.339 e. The third-order valence-corrected chi connectivity index (χ3v) is 2.63. The first-order valence-electron chi connectivity index (χ1n) is 5.69. The van der Waals surface area contributed by atoms with E-state index in [1.165, 1.54) is 20.3 Å². The quantitative estimate of drug-likeness (QED) is 0.783. The van der Waals surface area contributed by atoms with E-state index < -0.39 is 11.9 Å². The highest BCUT2D eigenvalue weighted by molar-refractivity contribution is 5.92. The maximum atomic E-state index is 11.2. The largest absolute Gasteiger partial charge is 0.493 e. The van der Waals surface area contributed by atoms with Crippen LogP contribution >= 0.6 is 0 Å². The van der Waals surface area contributed by atoms with Gasteiger partial charge in [-0.25, -0.2) is 4.79 Å². The standard InChI is InChI=1S/C13H16O6/c1-18-10-7-8(4-3-5-11(14)15)6-9(13(16)17)12(10)19-2/h6-7H,3-5H2,1-2H3,(H,14,15)(H,16,17). The molecule has 0 aliphatic heterocycles. The third kappa shape index (κ3) is 3.87. The van der Waals surface area contributed by atoms with Crippen molar-refractivity contribution in [3.63, 3.8) is 0 Å². The zero-order chi connectivity index (χ0) is 14.4. The van der Waals surface area contributed by atoms with Crippen molar-refractivity contribution in [3.05, 3.63) is 23.3 Å². The summed E-state index contributed by atoms with van der Waals surface area (Å²) >= 11 is 0. The highest BCUT2D eigenvalue weighted by Crippen LogP contribution is 2.33. The lowest BCUT2D eigenvalue weighted by Gasteiger charge is -2.12. The average Bonchev–Trinajstić information content (AvgIpc) is 2.36. The van der Waals surface area contributed by atoms with Crippen LogP contribution in [0.15, 0.2) is 12.1 Å². The minimum absolute atomic E-state index is 0.00664. The number of methoxy groups -OCH3 is 2. The van der Waals surface area contributed by atoms with E-state index in [-0.39, 0.29) is 17.7 Å². The van der Waals surface area contributed by atoms with Crippen molar-refractivity contribution in [3.8, 4) is 11.5 Å². The van der Waals surface area contributed by atoms with Gasteiger partial charge in [0.2, 0.25) is 0 Å². The Labute approximate surface area is 110 Å². The van der Waals surface area contributed by atoms with Gasteiger partial charge >= 0.3 is 11.9 Å². The SMILES string of the molecule is COc1cc(CCCC(=O)O)cc(C(=O)O)c1OC. The van der Waals surface area contributed by atoms with Gasteiger partial charge in [-0.15, -0.1) is 0 Å². The summed E-state index contributed by atoms with van der Waals surface area (Å²) < 4.78 is 10.1. The van der Waals surface area contributed by atoms with Crippen molar-refractivity contribution in [2.75, 3.05) is 14.2 Å². The number of carboxylic acids is 2. The van der Waals surface area contributed by atoms with Crippen LogP contribution in [-0.2, 0) is 11.2 Å². The second kappa shape index (κ2) is 6.63. The van der Waals surface area contributed by atoms with Crippen LogP contribution in [0.3, 0.4) is 0 Å².